The molecule has 0 aromatic heterocycles. The number of non-ortho nitro benzene ring substituents is 2. The second-order valence-electron chi connectivity index (χ2n) is 15.2. The number of anilines is 1. The molecule has 0 saturated heterocycles. The molecular formula is C39H51N4O4+. The molecule has 2 spiro atoms. The summed E-state index contributed by atoms with van der Waals surface area (Å²) in [5, 5.41) is 23.8. The number of nitrogens with zero attached hydrogens (tertiary/aromatic N) is 4. The lowest BCUT2D eigenvalue weighted by Crippen LogP contribution is -2.37. The van der Waals surface area contributed by atoms with Crippen molar-refractivity contribution < 1.29 is 14.4 Å². The Bertz CT molecular complexity index is 1620. The topological polar surface area (TPSA) is 92.5 Å². The molecule has 0 N–H and O–H groups in total. The van der Waals surface area contributed by atoms with Crippen molar-refractivity contribution in [2.75, 3.05) is 18.0 Å². The van der Waals surface area contributed by atoms with Gasteiger partial charge in [-0.3, -0.25) is 20.2 Å². The first-order valence-corrected chi connectivity index (χ1v) is 18.0. The second-order valence-corrected chi connectivity index (χ2v) is 15.2. The fraction of sp³-hybridized carbons (Fsp3) is 0.564. The van der Waals surface area contributed by atoms with Gasteiger partial charge in [0, 0.05) is 71.7 Å². The van der Waals surface area contributed by atoms with E-state index in [9.17, 15) is 20.2 Å². The van der Waals surface area contributed by atoms with Crippen LogP contribution in [0.1, 0.15) is 116 Å². The normalized spacial score (nSPS) is 20.7. The third-order valence-electron chi connectivity index (χ3n) is 11.3. The predicted octanol–water partition coefficient (Wildman–Crippen LogP) is 10.1. The lowest BCUT2D eigenvalue weighted by Gasteiger charge is -2.37. The van der Waals surface area contributed by atoms with E-state index in [4.69, 9.17) is 0 Å². The van der Waals surface area contributed by atoms with Gasteiger partial charge in [0.05, 0.1) is 15.3 Å². The number of benzene rings is 2. The summed E-state index contributed by atoms with van der Waals surface area (Å²) in [5.41, 5.74) is 6.88. The van der Waals surface area contributed by atoms with Crippen molar-refractivity contribution in [3.05, 3.63) is 91.7 Å². The van der Waals surface area contributed by atoms with Gasteiger partial charge in [-0.05, 0) is 61.6 Å². The Morgan fingerprint density at radius 3 is 1.96 bits per heavy atom. The largest absolute Gasteiger partial charge is 0.344 e. The molecule has 2 fully saturated rings. The Balaban J connectivity index is 1.49. The summed E-state index contributed by atoms with van der Waals surface area (Å²) in [6, 6.07) is 11.0. The summed E-state index contributed by atoms with van der Waals surface area (Å²) >= 11 is 0. The van der Waals surface area contributed by atoms with Crippen LogP contribution in [0.4, 0.5) is 22.7 Å². The molecule has 2 aromatic carbocycles. The van der Waals surface area contributed by atoms with Crippen LogP contribution in [0.3, 0.4) is 0 Å². The summed E-state index contributed by atoms with van der Waals surface area (Å²) in [5.74, 6) is 1.07. The predicted molar refractivity (Wildman–Crippen MR) is 189 cm³/mol. The van der Waals surface area contributed by atoms with E-state index in [2.05, 4.69) is 55.4 Å². The van der Waals surface area contributed by atoms with E-state index in [1.807, 2.05) is 24.3 Å². The van der Waals surface area contributed by atoms with Gasteiger partial charge in [-0.1, -0.05) is 72.3 Å². The molecule has 6 rings (SSSR count). The fourth-order valence-corrected chi connectivity index (χ4v) is 8.91. The highest BCUT2D eigenvalue weighted by Gasteiger charge is 2.52. The van der Waals surface area contributed by atoms with Gasteiger partial charge in [0.1, 0.15) is 6.54 Å². The molecule has 0 radical (unpaired) electrons. The Hall–Kier alpha value is -3.81. The summed E-state index contributed by atoms with van der Waals surface area (Å²) in [7, 11) is 0. The highest BCUT2D eigenvalue weighted by Crippen LogP contribution is 2.56. The van der Waals surface area contributed by atoms with E-state index >= 15 is 0 Å². The molecule has 2 heterocycles. The van der Waals surface area contributed by atoms with E-state index in [1.165, 1.54) is 24.3 Å². The number of hydrogen-bond donors (Lipinski definition) is 0. The van der Waals surface area contributed by atoms with Gasteiger partial charge in [-0.2, -0.15) is 4.58 Å². The van der Waals surface area contributed by atoms with E-state index in [0.29, 0.717) is 11.8 Å². The number of fused-ring (bicyclic) bond motifs is 4. The lowest BCUT2D eigenvalue weighted by atomic mass is 9.67. The molecule has 2 aromatic rings. The van der Waals surface area contributed by atoms with Crippen molar-refractivity contribution in [1.82, 2.24) is 0 Å². The first-order chi connectivity index (χ1) is 22.6. The average molecular weight is 640 g/mol. The van der Waals surface area contributed by atoms with Crippen LogP contribution < -0.4 is 4.90 Å². The molecule has 0 amide bonds. The zero-order chi connectivity index (χ0) is 33.3. The quantitative estimate of drug-likeness (QED) is 0.147. The molecule has 2 saturated carbocycles. The molecule has 2 aliphatic carbocycles. The van der Waals surface area contributed by atoms with Crippen LogP contribution in [-0.2, 0) is 10.8 Å². The molecule has 47 heavy (non-hydrogen) atoms. The summed E-state index contributed by atoms with van der Waals surface area (Å²) in [6.45, 7) is 10.8. The Morgan fingerprint density at radius 1 is 0.787 bits per heavy atom. The third-order valence-corrected chi connectivity index (χ3v) is 11.3. The van der Waals surface area contributed by atoms with Crippen LogP contribution in [0.25, 0.3) is 0 Å². The third kappa shape index (κ3) is 6.04. The van der Waals surface area contributed by atoms with Gasteiger partial charge in [0.2, 0.25) is 5.69 Å². The first kappa shape index (κ1) is 33.1. The van der Waals surface area contributed by atoms with Crippen molar-refractivity contribution in [2.24, 2.45) is 11.8 Å². The number of nitro benzene ring substituents is 2. The highest BCUT2D eigenvalue weighted by molar-refractivity contribution is 6.04. The van der Waals surface area contributed by atoms with Gasteiger partial charge in [-0.15, -0.1) is 0 Å². The van der Waals surface area contributed by atoms with Gasteiger partial charge in [-0.25, -0.2) is 0 Å². The van der Waals surface area contributed by atoms with Crippen molar-refractivity contribution in [3.8, 4) is 0 Å². The van der Waals surface area contributed by atoms with E-state index in [0.717, 1.165) is 99.8 Å². The Morgan fingerprint density at radius 2 is 1.36 bits per heavy atom. The average Bonchev–Trinajstić information content (AvgIpc) is 3.44. The first-order valence-electron chi connectivity index (χ1n) is 18.0. The van der Waals surface area contributed by atoms with Crippen LogP contribution in [0.5, 0.6) is 0 Å². The molecule has 2 aliphatic heterocycles. The Kier molecular flexibility index (Phi) is 9.41. The number of rotatable bonds is 10. The van der Waals surface area contributed by atoms with Crippen LogP contribution in [0.2, 0.25) is 0 Å². The van der Waals surface area contributed by atoms with Gasteiger partial charge in [0.25, 0.3) is 11.4 Å². The smallest absolute Gasteiger partial charge is 0.270 e. The summed E-state index contributed by atoms with van der Waals surface area (Å²) < 4.78 is 2.46. The standard InChI is InChI=1S/C39H51N4O4/c1-28(2)18-24-40-34-16-14-30(42(44)45)26-32(34)38(20-7-5-8-21-38)36(40)12-11-13-37-39(22-9-6-10-23-39)33-27-31(43(46)47)15-17-35(33)41(37)25-19-29(3)4/h11-17,26-29H,5-10,18-25H2,1-4H3/q+1. The van der Waals surface area contributed by atoms with Crippen molar-refractivity contribution in [1.29, 1.82) is 0 Å². The monoisotopic (exact) mass is 639 g/mol. The molecule has 0 bridgehead atoms. The Labute approximate surface area is 279 Å². The maximum Gasteiger partial charge on any atom is 0.270 e. The van der Waals surface area contributed by atoms with Crippen molar-refractivity contribution in [3.63, 3.8) is 0 Å². The lowest BCUT2D eigenvalue weighted by molar-refractivity contribution is -0.439. The minimum absolute atomic E-state index is 0.169. The maximum absolute atomic E-state index is 11.9. The van der Waals surface area contributed by atoms with E-state index in [1.54, 1.807) is 12.1 Å². The molecule has 250 valence electrons. The van der Waals surface area contributed by atoms with Crippen LogP contribution >= 0.6 is 0 Å². The van der Waals surface area contributed by atoms with E-state index in [-0.39, 0.29) is 32.1 Å². The molecule has 0 unspecified atom stereocenters. The van der Waals surface area contributed by atoms with Crippen molar-refractivity contribution in [2.45, 2.75) is 116 Å². The van der Waals surface area contributed by atoms with Crippen LogP contribution in [0, 0.1) is 32.1 Å². The molecule has 0 atom stereocenters. The maximum atomic E-state index is 11.9. The minimum Gasteiger partial charge on any atom is -0.344 e. The number of hydrogen-bond acceptors (Lipinski definition) is 5. The fourth-order valence-electron chi connectivity index (χ4n) is 8.91. The molecule has 8 nitrogen and oxygen atoms in total. The molecule has 4 aliphatic rings. The van der Waals surface area contributed by atoms with Crippen LogP contribution in [-0.4, -0.2) is 33.2 Å². The van der Waals surface area contributed by atoms with Crippen LogP contribution in [0.15, 0.2) is 60.3 Å². The zero-order valence-electron chi connectivity index (χ0n) is 28.7. The summed E-state index contributed by atoms with van der Waals surface area (Å²) in [6.07, 6.45) is 19.7. The van der Waals surface area contributed by atoms with Gasteiger partial charge in [0.15, 0.2) is 5.71 Å². The minimum atomic E-state index is -0.259. The number of allylic oxidation sites excluding steroid dienone is 4. The second kappa shape index (κ2) is 13.4. The van der Waals surface area contributed by atoms with Crippen molar-refractivity contribution >= 4 is 28.5 Å². The zero-order valence-corrected chi connectivity index (χ0v) is 28.7. The molecule has 8 heteroatoms. The van der Waals surface area contributed by atoms with Gasteiger partial charge >= 0.3 is 0 Å². The summed E-state index contributed by atoms with van der Waals surface area (Å²) in [4.78, 5) is 25.8. The van der Waals surface area contributed by atoms with E-state index < -0.39 is 0 Å². The van der Waals surface area contributed by atoms with Gasteiger partial charge < -0.3 is 4.90 Å². The SMILES string of the molecule is CC(C)CCN1/C(=C/C=C/C2=[N+](CCC(C)C)c3ccc([N+](=O)[O-])cc3C23CCCCC3)C2(CCCCC2)c2cc([N+](=O)[O-])ccc21. The number of nitro groups is 2. The highest BCUT2D eigenvalue weighted by atomic mass is 16.6. The molecular weight excluding hydrogens is 588 g/mol.